The maximum absolute atomic E-state index is 12.3. The Labute approximate surface area is 173 Å². The monoisotopic (exact) mass is 409 g/mol. The van der Waals surface area contributed by atoms with Crippen LogP contribution in [0.3, 0.4) is 0 Å². The van der Waals surface area contributed by atoms with Crippen molar-refractivity contribution in [1.29, 1.82) is 0 Å². The number of carbonyl (C=O) groups is 1. The van der Waals surface area contributed by atoms with Gasteiger partial charge in [0.05, 0.1) is 43.3 Å². The molecule has 2 aromatic heterocycles. The topological polar surface area (TPSA) is 80.2 Å². The minimum atomic E-state index is -0.0434. The quantitative estimate of drug-likeness (QED) is 0.474. The predicted octanol–water partition coefficient (Wildman–Crippen LogP) is 2.27. The van der Waals surface area contributed by atoms with Crippen molar-refractivity contribution >= 4 is 28.6 Å². The fraction of sp³-hybridized carbons (Fsp3) is 0.333. The van der Waals surface area contributed by atoms with E-state index >= 15 is 0 Å². The minimum Gasteiger partial charge on any atom is -0.379 e. The molecule has 29 heavy (non-hydrogen) atoms. The molecule has 0 bridgehead atoms. The lowest BCUT2D eigenvalue weighted by atomic mass is 10.2. The van der Waals surface area contributed by atoms with Crippen molar-refractivity contribution in [2.24, 2.45) is 0 Å². The van der Waals surface area contributed by atoms with Crippen LogP contribution in [-0.4, -0.2) is 57.8 Å². The number of fused-ring (bicyclic) bond motifs is 1. The van der Waals surface area contributed by atoms with Crippen molar-refractivity contribution in [2.75, 3.05) is 32.1 Å². The van der Waals surface area contributed by atoms with E-state index in [-0.39, 0.29) is 5.91 Å². The van der Waals surface area contributed by atoms with E-state index in [2.05, 4.69) is 15.2 Å². The first-order valence-corrected chi connectivity index (χ1v) is 10.6. The number of amides is 1. The number of hydrogen-bond donors (Lipinski definition) is 1. The minimum absolute atomic E-state index is 0.0434. The summed E-state index contributed by atoms with van der Waals surface area (Å²) in [5.74, 6) is 1.03. The summed E-state index contributed by atoms with van der Waals surface area (Å²) in [4.78, 5) is 28.3. The van der Waals surface area contributed by atoms with Crippen LogP contribution in [-0.2, 0) is 22.6 Å². The van der Waals surface area contributed by atoms with E-state index in [9.17, 15) is 4.79 Å². The summed E-state index contributed by atoms with van der Waals surface area (Å²) in [6, 6.07) is 13.6. The molecule has 1 aliphatic rings. The fourth-order valence-corrected chi connectivity index (χ4v) is 3.98. The number of para-hydroxylation sites is 1. The molecule has 150 valence electrons. The van der Waals surface area contributed by atoms with Crippen LogP contribution < -0.4 is 5.32 Å². The number of morpholine rings is 1. The van der Waals surface area contributed by atoms with Crippen LogP contribution in [0.4, 0.5) is 0 Å². The molecule has 1 aromatic carbocycles. The lowest BCUT2D eigenvalue weighted by Crippen LogP contribution is -2.36. The van der Waals surface area contributed by atoms with Crippen LogP contribution in [0.25, 0.3) is 10.9 Å². The van der Waals surface area contributed by atoms with Crippen molar-refractivity contribution in [3.8, 4) is 0 Å². The van der Waals surface area contributed by atoms with E-state index in [0.29, 0.717) is 18.8 Å². The third kappa shape index (κ3) is 5.50. The molecule has 0 aliphatic carbocycles. The van der Waals surface area contributed by atoms with Gasteiger partial charge in [0.1, 0.15) is 10.9 Å². The van der Waals surface area contributed by atoms with Crippen LogP contribution in [0.5, 0.6) is 0 Å². The lowest BCUT2D eigenvalue weighted by Gasteiger charge is -2.25. The molecule has 1 fully saturated rings. The zero-order valence-corrected chi connectivity index (χ0v) is 16.9. The molecule has 0 unspecified atom stereocenters. The van der Waals surface area contributed by atoms with E-state index in [1.165, 1.54) is 11.8 Å². The van der Waals surface area contributed by atoms with Crippen LogP contribution in [0, 0.1) is 0 Å². The highest BCUT2D eigenvalue weighted by molar-refractivity contribution is 8.00. The van der Waals surface area contributed by atoms with E-state index < -0.39 is 0 Å². The number of aromatic nitrogens is 3. The second kappa shape index (κ2) is 9.78. The standard InChI is InChI=1S/C21H23N5O2S/c27-20(23-13-16-5-3-4-8-22-16)15-29-21-17-6-1-2-7-18(17)24-19(25-21)14-26-9-11-28-12-10-26/h1-8H,9-15H2,(H,23,27). The van der Waals surface area contributed by atoms with Gasteiger partial charge in [0.15, 0.2) is 0 Å². The molecule has 4 rings (SSSR count). The molecule has 1 N–H and O–H groups in total. The second-order valence-electron chi connectivity index (χ2n) is 6.74. The number of thioether (sulfide) groups is 1. The molecular weight excluding hydrogens is 386 g/mol. The zero-order valence-electron chi connectivity index (χ0n) is 16.1. The summed E-state index contributed by atoms with van der Waals surface area (Å²) in [6.45, 7) is 4.36. The van der Waals surface area contributed by atoms with Gasteiger partial charge in [-0.15, -0.1) is 0 Å². The average molecular weight is 410 g/mol. The van der Waals surface area contributed by atoms with Gasteiger partial charge in [0.25, 0.3) is 0 Å². The number of nitrogens with zero attached hydrogens (tertiary/aromatic N) is 4. The first-order valence-electron chi connectivity index (χ1n) is 9.63. The fourth-order valence-electron chi connectivity index (χ4n) is 3.11. The van der Waals surface area contributed by atoms with Gasteiger partial charge in [0, 0.05) is 24.7 Å². The highest BCUT2D eigenvalue weighted by Crippen LogP contribution is 2.25. The Morgan fingerprint density at radius 2 is 1.93 bits per heavy atom. The molecule has 1 amide bonds. The smallest absolute Gasteiger partial charge is 0.230 e. The van der Waals surface area contributed by atoms with Crippen molar-refractivity contribution in [3.63, 3.8) is 0 Å². The molecule has 1 aliphatic heterocycles. The number of rotatable bonds is 7. The summed E-state index contributed by atoms with van der Waals surface area (Å²) in [7, 11) is 0. The average Bonchev–Trinajstić information content (AvgIpc) is 2.77. The van der Waals surface area contributed by atoms with Gasteiger partial charge in [0.2, 0.25) is 5.91 Å². The number of ether oxygens (including phenoxy) is 1. The maximum atomic E-state index is 12.3. The summed E-state index contributed by atoms with van der Waals surface area (Å²) in [6.07, 6.45) is 1.72. The molecule has 8 heteroatoms. The van der Waals surface area contributed by atoms with Gasteiger partial charge in [-0.1, -0.05) is 36.0 Å². The first-order chi connectivity index (χ1) is 14.3. The van der Waals surface area contributed by atoms with Gasteiger partial charge in [-0.25, -0.2) is 9.97 Å². The third-order valence-corrected chi connectivity index (χ3v) is 5.61. The van der Waals surface area contributed by atoms with Gasteiger partial charge in [-0.05, 0) is 18.2 Å². The van der Waals surface area contributed by atoms with Gasteiger partial charge >= 0.3 is 0 Å². The van der Waals surface area contributed by atoms with E-state index in [0.717, 1.165) is 53.8 Å². The Balaban J connectivity index is 1.43. The van der Waals surface area contributed by atoms with Gasteiger partial charge in [-0.3, -0.25) is 14.7 Å². The van der Waals surface area contributed by atoms with Crippen molar-refractivity contribution in [1.82, 2.24) is 25.2 Å². The summed E-state index contributed by atoms with van der Waals surface area (Å²) in [5, 5.41) is 4.72. The van der Waals surface area contributed by atoms with Crippen LogP contribution in [0.2, 0.25) is 0 Å². The Morgan fingerprint density at radius 3 is 2.76 bits per heavy atom. The number of benzene rings is 1. The summed E-state index contributed by atoms with van der Waals surface area (Å²) < 4.78 is 5.42. The van der Waals surface area contributed by atoms with Crippen LogP contribution in [0.1, 0.15) is 11.5 Å². The lowest BCUT2D eigenvalue weighted by molar-refractivity contribution is -0.118. The first kappa shape index (κ1) is 19.8. The molecule has 3 heterocycles. The van der Waals surface area contributed by atoms with Gasteiger partial charge < -0.3 is 10.1 Å². The van der Waals surface area contributed by atoms with E-state index in [1.807, 2.05) is 42.5 Å². The summed E-state index contributed by atoms with van der Waals surface area (Å²) in [5.41, 5.74) is 1.74. The Morgan fingerprint density at radius 1 is 1.10 bits per heavy atom. The van der Waals surface area contributed by atoms with Crippen molar-refractivity contribution in [3.05, 3.63) is 60.2 Å². The highest BCUT2D eigenvalue weighted by atomic mass is 32.2. The van der Waals surface area contributed by atoms with Crippen molar-refractivity contribution in [2.45, 2.75) is 18.1 Å². The number of carbonyl (C=O) groups excluding carboxylic acids is 1. The molecule has 0 saturated carbocycles. The zero-order chi connectivity index (χ0) is 19.9. The Bertz CT molecular complexity index is 964. The molecule has 0 spiro atoms. The molecule has 3 aromatic rings. The second-order valence-corrected chi connectivity index (χ2v) is 7.70. The molecule has 7 nitrogen and oxygen atoms in total. The predicted molar refractivity (Wildman–Crippen MR) is 112 cm³/mol. The molecule has 0 atom stereocenters. The normalized spacial score (nSPS) is 14.8. The van der Waals surface area contributed by atoms with Crippen LogP contribution in [0.15, 0.2) is 53.7 Å². The number of pyridine rings is 1. The van der Waals surface area contributed by atoms with Crippen molar-refractivity contribution < 1.29 is 9.53 Å². The number of hydrogen-bond acceptors (Lipinski definition) is 7. The van der Waals surface area contributed by atoms with E-state index in [1.54, 1.807) is 6.20 Å². The van der Waals surface area contributed by atoms with Crippen LogP contribution >= 0.6 is 11.8 Å². The highest BCUT2D eigenvalue weighted by Gasteiger charge is 2.15. The molecule has 0 radical (unpaired) electrons. The van der Waals surface area contributed by atoms with Gasteiger partial charge in [-0.2, -0.15) is 0 Å². The Kier molecular flexibility index (Phi) is 6.66. The molecule has 1 saturated heterocycles. The molecular formula is C21H23N5O2S. The largest absolute Gasteiger partial charge is 0.379 e. The summed E-state index contributed by atoms with van der Waals surface area (Å²) >= 11 is 1.44. The third-order valence-electron chi connectivity index (χ3n) is 4.62. The van der Waals surface area contributed by atoms with E-state index in [4.69, 9.17) is 14.7 Å². The Hall–Kier alpha value is -2.55. The number of nitrogens with one attached hydrogen (secondary N) is 1. The maximum Gasteiger partial charge on any atom is 0.230 e. The SMILES string of the molecule is O=C(CSc1nc(CN2CCOCC2)nc2ccccc12)NCc1ccccn1.